The zero-order valence-electron chi connectivity index (χ0n) is 8.09. The Morgan fingerprint density at radius 3 is 2.27 bits per heavy atom. The minimum Gasteiger partial charge on any atom is -0.387 e. The molecular weight excluding hydrogens is 136 g/mol. The summed E-state index contributed by atoms with van der Waals surface area (Å²) in [6.45, 7) is 9.53. The summed E-state index contributed by atoms with van der Waals surface area (Å²) >= 11 is 0. The van der Waals surface area contributed by atoms with Gasteiger partial charge in [-0.3, -0.25) is 4.99 Å². The molecule has 1 atom stereocenters. The molecule has 0 amide bonds. The standard InChI is InChI=1S/C9H20N2/c1-5-9(10)11-6-8(4)7(2)3/h7-8H,5-6H2,1-4H3,(H2,10,11). The average Bonchev–Trinajstić information content (AvgIpc) is 1.99. The summed E-state index contributed by atoms with van der Waals surface area (Å²) in [6.07, 6.45) is 0.866. The van der Waals surface area contributed by atoms with E-state index in [1.54, 1.807) is 0 Å². The van der Waals surface area contributed by atoms with E-state index >= 15 is 0 Å². The van der Waals surface area contributed by atoms with Crippen LogP contribution in [0.5, 0.6) is 0 Å². The molecule has 0 heterocycles. The van der Waals surface area contributed by atoms with Gasteiger partial charge in [0.2, 0.25) is 0 Å². The van der Waals surface area contributed by atoms with Gasteiger partial charge in [-0.15, -0.1) is 0 Å². The minimum atomic E-state index is 0.639. The van der Waals surface area contributed by atoms with Gasteiger partial charge in [-0.05, 0) is 11.8 Å². The third-order valence-electron chi connectivity index (χ3n) is 2.08. The van der Waals surface area contributed by atoms with Crippen molar-refractivity contribution in [2.24, 2.45) is 22.6 Å². The number of hydrogen-bond donors (Lipinski definition) is 1. The summed E-state index contributed by atoms with van der Waals surface area (Å²) < 4.78 is 0. The molecule has 0 aromatic rings. The Morgan fingerprint density at radius 1 is 1.36 bits per heavy atom. The van der Waals surface area contributed by atoms with Crippen molar-refractivity contribution in [2.45, 2.75) is 34.1 Å². The molecule has 0 radical (unpaired) electrons. The largest absolute Gasteiger partial charge is 0.387 e. The van der Waals surface area contributed by atoms with Crippen molar-refractivity contribution in [1.29, 1.82) is 0 Å². The zero-order valence-corrected chi connectivity index (χ0v) is 8.09. The van der Waals surface area contributed by atoms with E-state index in [4.69, 9.17) is 5.73 Å². The molecule has 0 saturated carbocycles. The van der Waals surface area contributed by atoms with Crippen LogP contribution in [0.25, 0.3) is 0 Å². The Morgan fingerprint density at radius 2 is 1.91 bits per heavy atom. The Labute approximate surface area is 69.9 Å². The summed E-state index contributed by atoms with van der Waals surface area (Å²) in [5.41, 5.74) is 5.57. The molecule has 2 heteroatoms. The molecule has 0 rings (SSSR count). The average molecular weight is 156 g/mol. The maximum absolute atomic E-state index is 5.57. The van der Waals surface area contributed by atoms with Crippen molar-refractivity contribution in [1.82, 2.24) is 0 Å². The number of nitrogens with zero attached hydrogens (tertiary/aromatic N) is 1. The van der Waals surface area contributed by atoms with Gasteiger partial charge in [-0.25, -0.2) is 0 Å². The molecule has 1 unspecified atom stereocenters. The monoisotopic (exact) mass is 156 g/mol. The summed E-state index contributed by atoms with van der Waals surface area (Å²) in [5, 5.41) is 0. The first-order valence-electron chi connectivity index (χ1n) is 4.36. The lowest BCUT2D eigenvalue weighted by atomic mass is 9.99. The van der Waals surface area contributed by atoms with Crippen LogP contribution in [-0.2, 0) is 0 Å². The van der Waals surface area contributed by atoms with Crippen LogP contribution in [0.4, 0.5) is 0 Å². The van der Waals surface area contributed by atoms with Crippen molar-refractivity contribution in [3.05, 3.63) is 0 Å². The van der Waals surface area contributed by atoms with Crippen molar-refractivity contribution < 1.29 is 0 Å². The molecular formula is C9H20N2. The van der Waals surface area contributed by atoms with E-state index in [0.29, 0.717) is 11.8 Å². The van der Waals surface area contributed by atoms with Crippen LogP contribution in [0, 0.1) is 11.8 Å². The van der Waals surface area contributed by atoms with Crippen molar-refractivity contribution in [3.8, 4) is 0 Å². The first kappa shape index (κ1) is 10.5. The Hall–Kier alpha value is -0.530. The van der Waals surface area contributed by atoms with Crippen molar-refractivity contribution in [2.75, 3.05) is 6.54 Å². The fourth-order valence-electron chi connectivity index (χ4n) is 0.584. The summed E-state index contributed by atoms with van der Waals surface area (Å²) in [4.78, 5) is 4.26. The normalized spacial score (nSPS) is 15.5. The van der Waals surface area contributed by atoms with Gasteiger partial charge in [0.15, 0.2) is 0 Å². The molecule has 0 fully saturated rings. The van der Waals surface area contributed by atoms with Gasteiger partial charge >= 0.3 is 0 Å². The van der Waals surface area contributed by atoms with Crippen LogP contribution < -0.4 is 5.73 Å². The molecule has 0 aromatic heterocycles. The smallest absolute Gasteiger partial charge is 0.0934 e. The van der Waals surface area contributed by atoms with Gasteiger partial charge in [0, 0.05) is 13.0 Å². The quantitative estimate of drug-likeness (QED) is 0.491. The summed E-state index contributed by atoms with van der Waals surface area (Å²) in [7, 11) is 0. The molecule has 0 bridgehead atoms. The topological polar surface area (TPSA) is 38.4 Å². The third kappa shape index (κ3) is 4.82. The second-order valence-corrected chi connectivity index (χ2v) is 3.41. The first-order valence-corrected chi connectivity index (χ1v) is 4.36. The lowest BCUT2D eigenvalue weighted by Crippen LogP contribution is -2.14. The van der Waals surface area contributed by atoms with Crippen LogP contribution >= 0.6 is 0 Å². The lowest BCUT2D eigenvalue weighted by Gasteiger charge is -2.12. The molecule has 0 saturated heterocycles. The number of hydrogen-bond acceptors (Lipinski definition) is 1. The van der Waals surface area contributed by atoms with E-state index in [9.17, 15) is 0 Å². The second kappa shape index (κ2) is 5.16. The van der Waals surface area contributed by atoms with Crippen LogP contribution in [0.15, 0.2) is 4.99 Å². The molecule has 66 valence electrons. The number of rotatable bonds is 4. The lowest BCUT2D eigenvalue weighted by molar-refractivity contribution is 0.430. The molecule has 0 aliphatic rings. The van der Waals surface area contributed by atoms with Crippen molar-refractivity contribution in [3.63, 3.8) is 0 Å². The fraction of sp³-hybridized carbons (Fsp3) is 0.889. The van der Waals surface area contributed by atoms with E-state index in [1.807, 2.05) is 6.92 Å². The van der Waals surface area contributed by atoms with Crippen LogP contribution in [0.2, 0.25) is 0 Å². The SMILES string of the molecule is CCC(N)=NCC(C)C(C)C. The van der Waals surface area contributed by atoms with Gasteiger partial charge in [-0.1, -0.05) is 27.7 Å². The molecule has 0 aliphatic carbocycles. The highest BCUT2D eigenvalue weighted by Crippen LogP contribution is 2.09. The molecule has 0 aliphatic heterocycles. The van der Waals surface area contributed by atoms with Crippen molar-refractivity contribution >= 4 is 5.84 Å². The summed E-state index contributed by atoms with van der Waals surface area (Å²) in [5.74, 6) is 2.11. The highest BCUT2D eigenvalue weighted by Gasteiger charge is 2.04. The molecule has 2 nitrogen and oxygen atoms in total. The van der Waals surface area contributed by atoms with Gasteiger partial charge < -0.3 is 5.73 Å². The van der Waals surface area contributed by atoms with E-state index in [2.05, 4.69) is 25.8 Å². The predicted octanol–water partition coefficient (Wildman–Crippen LogP) is 2.05. The molecule has 0 aromatic carbocycles. The van der Waals surface area contributed by atoms with Gasteiger partial charge in [0.1, 0.15) is 0 Å². The zero-order chi connectivity index (χ0) is 8.85. The molecule has 0 spiro atoms. The molecule has 2 N–H and O–H groups in total. The Balaban J connectivity index is 3.68. The Bertz CT molecular complexity index is 128. The first-order chi connectivity index (χ1) is 5.07. The number of amidine groups is 1. The van der Waals surface area contributed by atoms with Gasteiger partial charge in [-0.2, -0.15) is 0 Å². The minimum absolute atomic E-state index is 0.639. The predicted molar refractivity (Wildman–Crippen MR) is 50.8 cm³/mol. The van der Waals surface area contributed by atoms with Gasteiger partial charge in [0.25, 0.3) is 0 Å². The van der Waals surface area contributed by atoms with Crippen LogP contribution in [0.3, 0.4) is 0 Å². The molecule has 11 heavy (non-hydrogen) atoms. The maximum Gasteiger partial charge on any atom is 0.0934 e. The number of nitrogens with two attached hydrogens (primary N) is 1. The third-order valence-corrected chi connectivity index (χ3v) is 2.08. The number of aliphatic imine (C=N–C) groups is 1. The van der Waals surface area contributed by atoms with Gasteiger partial charge in [0.05, 0.1) is 5.84 Å². The van der Waals surface area contributed by atoms with Crippen LogP contribution in [0.1, 0.15) is 34.1 Å². The van der Waals surface area contributed by atoms with E-state index in [-0.39, 0.29) is 0 Å². The maximum atomic E-state index is 5.57. The van der Waals surface area contributed by atoms with E-state index in [1.165, 1.54) is 0 Å². The Kier molecular flexibility index (Phi) is 4.92. The highest BCUT2D eigenvalue weighted by molar-refractivity contribution is 5.79. The summed E-state index contributed by atoms with van der Waals surface area (Å²) in [6, 6.07) is 0. The van der Waals surface area contributed by atoms with E-state index < -0.39 is 0 Å². The second-order valence-electron chi connectivity index (χ2n) is 3.41. The highest BCUT2D eigenvalue weighted by atomic mass is 14.8. The fourth-order valence-corrected chi connectivity index (χ4v) is 0.584. The van der Waals surface area contributed by atoms with Crippen LogP contribution in [-0.4, -0.2) is 12.4 Å². The van der Waals surface area contributed by atoms with E-state index in [0.717, 1.165) is 18.8 Å².